The Morgan fingerprint density at radius 3 is 2.47 bits per heavy atom. The molecular formula is C12H26N2O. The van der Waals surface area contributed by atoms with Crippen LogP contribution in [0.3, 0.4) is 0 Å². The Bertz CT molecular complexity index is 182. The van der Waals surface area contributed by atoms with Gasteiger partial charge < -0.3 is 10.8 Å². The van der Waals surface area contributed by atoms with Gasteiger partial charge in [0.05, 0.1) is 6.61 Å². The summed E-state index contributed by atoms with van der Waals surface area (Å²) in [4.78, 5) is 2.23. The molecule has 1 aliphatic rings. The van der Waals surface area contributed by atoms with Crippen LogP contribution in [0.5, 0.6) is 0 Å². The number of aliphatic hydroxyl groups excluding tert-OH is 1. The molecule has 3 unspecified atom stereocenters. The summed E-state index contributed by atoms with van der Waals surface area (Å²) in [5, 5.41) is 9.41. The smallest absolute Gasteiger partial charge is 0.0601 e. The first kappa shape index (κ1) is 12.9. The van der Waals surface area contributed by atoms with E-state index < -0.39 is 0 Å². The van der Waals surface area contributed by atoms with Crippen molar-refractivity contribution >= 4 is 0 Å². The van der Waals surface area contributed by atoms with Crippen molar-refractivity contribution in [1.29, 1.82) is 0 Å². The van der Waals surface area contributed by atoms with Crippen molar-refractivity contribution in [3.63, 3.8) is 0 Å². The van der Waals surface area contributed by atoms with Crippen LogP contribution in [-0.2, 0) is 0 Å². The minimum atomic E-state index is 0.145. The molecule has 3 nitrogen and oxygen atoms in total. The van der Waals surface area contributed by atoms with E-state index in [2.05, 4.69) is 25.8 Å². The summed E-state index contributed by atoms with van der Waals surface area (Å²) in [6, 6.07) is 0.301. The van der Waals surface area contributed by atoms with Crippen molar-refractivity contribution < 1.29 is 5.11 Å². The maximum Gasteiger partial charge on any atom is 0.0601 e. The van der Waals surface area contributed by atoms with E-state index in [0.29, 0.717) is 11.8 Å². The minimum absolute atomic E-state index is 0.145. The van der Waals surface area contributed by atoms with Crippen LogP contribution in [0.1, 0.15) is 33.1 Å². The van der Waals surface area contributed by atoms with Gasteiger partial charge >= 0.3 is 0 Å². The SMILES string of the molecule is CCC(C)CN(C)C(CO)C(N)C1CC1. The third-order valence-electron chi connectivity index (χ3n) is 3.66. The fourth-order valence-corrected chi connectivity index (χ4v) is 2.11. The second-order valence-electron chi connectivity index (χ2n) is 5.12. The summed E-state index contributed by atoms with van der Waals surface area (Å²) in [6.45, 7) is 5.66. The summed E-state index contributed by atoms with van der Waals surface area (Å²) in [5.41, 5.74) is 6.15. The number of likely N-dealkylation sites (N-methyl/N-ethyl adjacent to an activating group) is 1. The Kier molecular flexibility index (Phi) is 5.03. The Morgan fingerprint density at radius 2 is 2.07 bits per heavy atom. The molecule has 1 fully saturated rings. The lowest BCUT2D eigenvalue weighted by Gasteiger charge is -2.33. The summed E-state index contributed by atoms with van der Waals surface area (Å²) >= 11 is 0. The first-order chi connectivity index (χ1) is 7.10. The highest BCUT2D eigenvalue weighted by atomic mass is 16.3. The van der Waals surface area contributed by atoms with Crippen LogP contribution < -0.4 is 5.73 Å². The molecule has 0 saturated heterocycles. The van der Waals surface area contributed by atoms with Crippen LogP contribution in [-0.4, -0.2) is 42.3 Å². The van der Waals surface area contributed by atoms with Crippen LogP contribution in [0, 0.1) is 11.8 Å². The second kappa shape index (κ2) is 5.83. The van der Waals surface area contributed by atoms with E-state index in [9.17, 15) is 5.11 Å². The van der Waals surface area contributed by atoms with Crippen LogP contribution in [0.2, 0.25) is 0 Å². The standard InChI is InChI=1S/C12H26N2O/c1-4-9(2)7-14(3)11(8-15)12(13)10-5-6-10/h9-12,15H,4-8,13H2,1-3H3. The molecule has 15 heavy (non-hydrogen) atoms. The lowest BCUT2D eigenvalue weighted by Crippen LogP contribution is -2.50. The largest absolute Gasteiger partial charge is 0.395 e. The van der Waals surface area contributed by atoms with Gasteiger partial charge in [-0.05, 0) is 31.7 Å². The van der Waals surface area contributed by atoms with E-state index in [4.69, 9.17) is 5.73 Å². The lowest BCUT2D eigenvalue weighted by atomic mass is 10.0. The van der Waals surface area contributed by atoms with Crippen LogP contribution >= 0.6 is 0 Å². The Balaban J connectivity index is 2.41. The number of aliphatic hydroxyl groups is 1. The molecule has 90 valence electrons. The zero-order valence-electron chi connectivity index (χ0n) is 10.3. The van der Waals surface area contributed by atoms with Crippen molar-refractivity contribution in [3.05, 3.63) is 0 Å². The molecular weight excluding hydrogens is 188 g/mol. The Morgan fingerprint density at radius 1 is 1.47 bits per heavy atom. The van der Waals surface area contributed by atoms with Gasteiger partial charge in [-0.2, -0.15) is 0 Å². The molecule has 0 spiro atoms. The second-order valence-corrected chi connectivity index (χ2v) is 5.12. The number of hydrogen-bond donors (Lipinski definition) is 2. The predicted octanol–water partition coefficient (Wildman–Crippen LogP) is 1.06. The highest BCUT2D eigenvalue weighted by Gasteiger charge is 2.35. The third kappa shape index (κ3) is 3.74. The molecule has 0 aromatic heterocycles. The Hall–Kier alpha value is -0.120. The minimum Gasteiger partial charge on any atom is -0.395 e. The first-order valence-corrected chi connectivity index (χ1v) is 6.16. The quantitative estimate of drug-likeness (QED) is 0.666. The molecule has 0 radical (unpaired) electrons. The number of nitrogens with zero attached hydrogens (tertiary/aromatic N) is 1. The van der Waals surface area contributed by atoms with Gasteiger partial charge in [0.2, 0.25) is 0 Å². The van der Waals surface area contributed by atoms with Crippen molar-refractivity contribution in [3.8, 4) is 0 Å². The van der Waals surface area contributed by atoms with E-state index in [-0.39, 0.29) is 18.7 Å². The fourth-order valence-electron chi connectivity index (χ4n) is 2.11. The summed E-state index contributed by atoms with van der Waals surface area (Å²) in [6.07, 6.45) is 3.67. The number of rotatable bonds is 7. The average Bonchev–Trinajstić information content (AvgIpc) is 3.01. The van der Waals surface area contributed by atoms with Gasteiger partial charge in [0.1, 0.15) is 0 Å². The van der Waals surface area contributed by atoms with Gasteiger partial charge in [-0.3, -0.25) is 4.90 Å². The van der Waals surface area contributed by atoms with Crippen LogP contribution in [0.15, 0.2) is 0 Å². The monoisotopic (exact) mass is 214 g/mol. The van der Waals surface area contributed by atoms with Gasteiger partial charge in [-0.15, -0.1) is 0 Å². The maximum absolute atomic E-state index is 9.41. The summed E-state index contributed by atoms with van der Waals surface area (Å²) in [5.74, 6) is 1.33. The Labute approximate surface area is 93.6 Å². The van der Waals surface area contributed by atoms with Gasteiger partial charge in [0, 0.05) is 18.6 Å². The summed E-state index contributed by atoms with van der Waals surface area (Å²) in [7, 11) is 2.08. The van der Waals surface area contributed by atoms with Gasteiger partial charge in [0.15, 0.2) is 0 Å². The van der Waals surface area contributed by atoms with Crippen LogP contribution in [0.4, 0.5) is 0 Å². The normalized spacial score (nSPS) is 22.8. The molecule has 1 rings (SSSR count). The topological polar surface area (TPSA) is 49.5 Å². The molecule has 0 aromatic rings. The van der Waals surface area contributed by atoms with Crippen molar-refractivity contribution in [2.24, 2.45) is 17.6 Å². The third-order valence-corrected chi connectivity index (χ3v) is 3.66. The molecule has 0 aromatic carbocycles. The van der Waals surface area contributed by atoms with Crippen molar-refractivity contribution in [2.45, 2.75) is 45.2 Å². The zero-order valence-corrected chi connectivity index (χ0v) is 10.3. The molecule has 1 saturated carbocycles. The average molecular weight is 214 g/mol. The van der Waals surface area contributed by atoms with E-state index >= 15 is 0 Å². The highest BCUT2D eigenvalue weighted by molar-refractivity contribution is 4.92. The van der Waals surface area contributed by atoms with E-state index in [0.717, 1.165) is 6.54 Å². The molecule has 0 heterocycles. The maximum atomic E-state index is 9.41. The van der Waals surface area contributed by atoms with Gasteiger partial charge in [0.25, 0.3) is 0 Å². The zero-order chi connectivity index (χ0) is 11.4. The molecule has 0 amide bonds. The van der Waals surface area contributed by atoms with Gasteiger partial charge in [-0.1, -0.05) is 20.3 Å². The molecule has 0 bridgehead atoms. The molecule has 3 N–H and O–H groups in total. The lowest BCUT2D eigenvalue weighted by molar-refractivity contribution is 0.108. The molecule has 0 aliphatic heterocycles. The summed E-state index contributed by atoms with van der Waals surface area (Å²) < 4.78 is 0. The molecule has 3 atom stereocenters. The number of nitrogens with two attached hydrogens (primary N) is 1. The van der Waals surface area contributed by atoms with Crippen molar-refractivity contribution in [1.82, 2.24) is 4.90 Å². The number of hydrogen-bond acceptors (Lipinski definition) is 3. The van der Waals surface area contributed by atoms with Gasteiger partial charge in [-0.25, -0.2) is 0 Å². The van der Waals surface area contributed by atoms with E-state index in [1.54, 1.807) is 0 Å². The fraction of sp³-hybridized carbons (Fsp3) is 1.00. The first-order valence-electron chi connectivity index (χ1n) is 6.16. The highest BCUT2D eigenvalue weighted by Crippen LogP contribution is 2.33. The molecule has 3 heteroatoms. The molecule has 1 aliphatic carbocycles. The van der Waals surface area contributed by atoms with E-state index in [1.807, 2.05) is 0 Å². The predicted molar refractivity (Wildman–Crippen MR) is 63.7 cm³/mol. The van der Waals surface area contributed by atoms with E-state index in [1.165, 1.54) is 19.3 Å². The van der Waals surface area contributed by atoms with Crippen LogP contribution in [0.25, 0.3) is 0 Å². The van der Waals surface area contributed by atoms with Crippen molar-refractivity contribution in [2.75, 3.05) is 20.2 Å².